The number of para-hydroxylation sites is 2. The van der Waals surface area contributed by atoms with Crippen molar-refractivity contribution >= 4 is 22.6 Å². The predicted octanol–water partition coefficient (Wildman–Crippen LogP) is 2.67. The minimum absolute atomic E-state index is 0.00713. The molecular formula is C23H25N3O4. The lowest BCUT2D eigenvalue weighted by atomic mass is 10.1. The predicted molar refractivity (Wildman–Crippen MR) is 116 cm³/mol. The molecule has 7 nitrogen and oxygen atoms in total. The van der Waals surface area contributed by atoms with E-state index in [9.17, 15) is 9.59 Å². The summed E-state index contributed by atoms with van der Waals surface area (Å²) in [5.74, 6) is 0.612. The van der Waals surface area contributed by atoms with E-state index in [4.69, 9.17) is 9.15 Å². The van der Waals surface area contributed by atoms with Gasteiger partial charge in [-0.15, -0.1) is 0 Å². The van der Waals surface area contributed by atoms with Gasteiger partial charge in [-0.3, -0.25) is 9.69 Å². The van der Waals surface area contributed by atoms with Gasteiger partial charge in [0, 0.05) is 50.7 Å². The first-order chi connectivity index (χ1) is 14.7. The van der Waals surface area contributed by atoms with Crippen molar-refractivity contribution in [1.82, 2.24) is 9.80 Å². The van der Waals surface area contributed by atoms with Gasteiger partial charge in [0.2, 0.25) is 0 Å². The molecule has 30 heavy (non-hydrogen) atoms. The molecule has 0 unspecified atom stereocenters. The molecule has 1 aromatic heterocycles. The molecule has 156 valence electrons. The van der Waals surface area contributed by atoms with Crippen molar-refractivity contribution in [2.45, 2.75) is 0 Å². The molecule has 0 saturated carbocycles. The molecule has 2 heterocycles. The highest BCUT2D eigenvalue weighted by atomic mass is 16.5. The molecule has 0 bridgehead atoms. The average molecular weight is 407 g/mol. The second kappa shape index (κ2) is 9.00. The maximum Gasteiger partial charge on any atom is 0.338 e. The summed E-state index contributed by atoms with van der Waals surface area (Å²) in [4.78, 5) is 28.8. The fourth-order valence-corrected chi connectivity index (χ4v) is 3.77. The third-order valence-corrected chi connectivity index (χ3v) is 5.39. The summed E-state index contributed by atoms with van der Waals surface area (Å²) < 4.78 is 10.6. The van der Waals surface area contributed by atoms with Gasteiger partial charge in [-0.05, 0) is 24.3 Å². The van der Waals surface area contributed by atoms with Crippen molar-refractivity contribution in [2.75, 3.05) is 51.7 Å². The highest BCUT2D eigenvalue weighted by Gasteiger charge is 2.23. The first-order valence-corrected chi connectivity index (χ1v) is 10.1. The van der Waals surface area contributed by atoms with Gasteiger partial charge in [-0.1, -0.05) is 24.3 Å². The number of amides is 1. The van der Waals surface area contributed by atoms with Crippen LogP contribution in [0.3, 0.4) is 0 Å². The number of methoxy groups -OCH3 is 1. The summed E-state index contributed by atoms with van der Waals surface area (Å²) >= 11 is 0. The van der Waals surface area contributed by atoms with Crippen LogP contribution in [0.15, 0.2) is 63.8 Å². The molecule has 1 amide bonds. The number of nitrogens with zero attached hydrogens (tertiary/aromatic N) is 2. The Morgan fingerprint density at radius 2 is 1.80 bits per heavy atom. The molecule has 0 spiro atoms. The summed E-state index contributed by atoms with van der Waals surface area (Å²) in [5, 5.41) is 4.24. The lowest BCUT2D eigenvalue weighted by Gasteiger charge is -2.35. The monoisotopic (exact) mass is 407 g/mol. The summed E-state index contributed by atoms with van der Waals surface area (Å²) in [5.41, 5.74) is 1.60. The van der Waals surface area contributed by atoms with E-state index in [-0.39, 0.29) is 11.5 Å². The Kier molecular flexibility index (Phi) is 5.99. The minimum Gasteiger partial charge on any atom is -0.496 e. The van der Waals surface area contributed by atoms with Crippen molar-refractivity contribution in [2.24, 2.45) is 0 Å². The van der Waals surface area contributed by atoms with Crippen molar-refractivity contribution in [3.63, 3.8) is 0 Å². The molecule has 0 atom stereocenters. The first kappa shape index (κ1) is 20.0. The van der Waals surface area contributed by atoms with E-state index in [0.29, 0.717) is 36.5 Å². The lowest BCUT2D eigenvalue weighted by Crippen LogP contribution is -2.49. The minimum atomic E-state index is -0.361. The van der Waals surface area contributed by atoms with E-state index in [2.05, 4.69) is 10.2 Å². The molecular weight excluding hydrogens is 382 g/mol. The third-order valence-electron chi connectivity index (χ3n) is 5.39. The topological polar surface area (TPSA) is 75.0 Å². The molecule has 1 saturated heterocycles. The Balaban J connectivity index is 1.31. The molecule has 7 heteroatoms. The quantitative estimate of drug-likeness (QED) is 0.634. The van der Waals surface area contributed by atoms with Crippen molar-refractivity contribution in [3.8, 4) is 5.75 Å². The third kappa shape index (κ3) is 4.31. The summed E-state index contributed by atoms with van der Waals surface area (Å²) in [7, 11) is 1.58. The zero-order valence-corrected chi connectivity index (χ0v) is 17.0. The maximum atomic E-state index is 12.8. The number of carbonyl (C=O) groups excluding carboxylic acids is 1. The van der Waals surface area contributed by atoms with Crippen LogP contribution < -0.4 is 15.7 Å². The highest BCUT2D eigenvalue weighted by Crippen LogP contribution is 2.21. The van der Waals surface area contributed by atoms with Gasteiger partial charge in [0.25, 0.3) is 5.91 Å². The zero-order valence-electron chi connectivity index (χ0n) is 17.0. The van der Waals surface area contributed by atoms with Gasteiger partial charge in [0.1, 0.15) is 11.3 Å². The Morgan fingerprint density at radius 3 is 2.60 bits per heavy atom. The number of carbonyl (C=O) groups is 1. The van der Waals surface area contributed by atoms with Crippen LogP contribution in [0.1, 0.15) is 10.4 Å². The number of piperazine rings is 1. The molecule has 0 aliphatic carbocycles. The molecule has 4 rings (SSSR count). The summed E-state index contributed by atoms with van der Waals surface area (Å²) in [6, 6.07) is 16.3. The molecule has 0 radical (unpaired) electrons. The Labute approximate surface area is 174 Å². The van der Waals surface area contributed by atoms with Crippen LogP contribution in [0, 0.1) is 0 Å². The molecule has 1 fully saturated rings. The van der Waals surface area contributed by atoms with Crippen LogP contribution in [-0.4, -0.2) is 62.1 Å². The number of hydrogen-bond donors (Lipinski definition) is 1. The fraction of sp³-hybridized carbons (Fsp3) is 0.304. The smallest absolute Gasteiger partial charge is 0.338 e. The number of rotatable bonds is 6. The molecule has 1 aliphatic rings. The van der Waals surface area contributed by atoms with Crippen LogP contribution in [0.25, 0.3) is 11.0 Å². The van der Waals surface area contributed by atoms with Crippen molar-refractivity contribution in [1.29, 1.82) is 0 Å². The van der Waals surface area contributed by atoms with Crippen molar-refractivity contribution in [3.05, 3.63) is 70.6 Å². The normalized spacial score (nSPS) is 14.6. The van der Waals surface area contributed by atoms with Gasteiger partial charge >= 0.3 is 5.63 Å². The van der Waals surface area contributed by atoms with Crippen molar-refractivity contribution < 1.29 is 13.9 Å². The number of nitrogens with one attached hydrogen (secondary N) is 1. The molecule has 1 aliphatic heterocycles. The number of fused-ring (bicyclic) bond motifs is 1. The van der Waals surface area contributed by atoms with Gasteiger partial charge in [0.15, 0.2) is 0 Å². The van der Waals surface area contributed by atoms with Crippen LogP contribution in [-0.2, 0) is 0 Å². The Bertz CT molecular complexity index is 1090. The lowest BCUT2D eigenvalue weighted by molar-refractivity contribution is 0.0639. The molecule has 1 N–H and O–H groups in total. The van der Waals surface area contributed by atoms with Crippen LogP contribution >= 0.6 is 0 Å². The maximum absolute atomic E-state index is 12.8. The molecule has 2 aromatic carbocycles. The van der Waals surface area contributed by atoms with E-state index >= 15 is 0 Å². The standard InChI is InChI=1S/C23H25N3O4/c1-29-20-8-4-3-7-18(20)23(28)26-14-12-25(13-15-26)11-10-24-19-16-22(27)30-21-9-5-2-6-17(19)21/h2-9,16,24H,10-15H2,1H3. The summed E-state index contributed by atoms with van der Waals surface area (Å²) in [6.07, 6.45) is 0. The largest absolute Gasteiger partial charge is 0.496 e. The fourth-order valence-electron chi connectivity index (χ4n) is 3.77. The Morgan fingerprint density at radius 1 is 1.07 bits per heavy atom. The van der Waals surface area contributed by atoms with Gasteiger partial charge in [-0.2, -0.15) is 0 Å². The van der Waals surface area contributed by atoms with E-state index in [0.717, 1.165) is 30.7 Å². The van der Waals surface area contributed by atoms with Gasteiger partial charge < -0.3 is 19.4 Å². The van der Waals surface area contributed by atoms with Crippen LogP contribution in [0.4, 0.5) is 5.69 Å². The Hall–Kier alpha value is -3.32. The SMILES string of the molecule is COc1ccccc1C(=O)N1CCN(CCNc2cc(=O)oc3ccccc23)CC1. The second-order valence-electron chi connectivity index (χ2n) is 7.24. The zero-order chi connectivity index (χ0) is 20.9. The van der Waals surface area contributed by atoms with E-state index < -0.39 is 0 Å². The summed E-state index contributed by atoms with van der Waals surface area (Å²) in [6.45, 7) is 4.49. The number of hydrogen-bond acceptors (Lipinski definition) is 6. The second-order valence-corrected chi connectivity index (χ2v) is 7.24. The van der Waals surface area contributed by atoms with Gasteiger partial charge in [0.05, 0.1) is 18.4 Å². The first-order valence-electron chi connectivity index (χ1n) is 10.1. The number of benzene rings is 2. The van der Waals surface area contributed by atoms with E-state index in [1.807, 2.05) is 41.3 Å². The van der Waals surface area contributed by atoms with Crippen LogP contribution in [0.2, 0.25) is 0 Å². The molecule has 3 aromatic rings. The number of anilines is 1. The van der Waals surface area contributed by atoms with Crippen LogP contribution in [0.5, 0.6) is 5.75 Å². The highest BCUT2D eigenvalue weighted by molar-refractivity contribution is 5.97. The van der Waals surface area contributed by atoms with E-state index in [1.54, 1.807) is 19.2 Å². The average Bonchev–Trinajstić information content (AvgIpc) is 2.79. The van der Waals surface area contributed by atoms with Gasteiger partial charge in [-0.25, -0.2) is 4.79 Å². The van der Waals surface area contributed by atoms with E-state index in [1.165, 1.54) is 6.07 Å². The number of ether oxygens (including phenoxy) is 1.